The minimum Gasteiger partial charge on any atom is -0.465 e. The topological polar surface area (TPSA) is 104 Å². The second kappa shape index (κ2) is 6.17. The second-order valence-electron chi connectivity index (χ2n) is 6.88. The molecule has 136 valence electrons. The van der Waals surface area contributed by atoms with Gasteiger partial charge in [-0.25, -0.2) is 13.6 Å². The molecule has 0 atom stereocenters. The zero-order chi connectivity index (χ0) is 18.5. The first-order chi connectivity index (χ1) is 12.4. The van der Waals surface area contributed by atoms with Gasteiger partial charge in [0.1, 0.15) is 11.5 Å². The zero-order valence-electron chi connectivity index (χ0n) is 14.2. The number of hydrogen-bond acceptors (Lipinski definition) is 5. The molecular weight excluding hydrogens is 354 g/mol. The summed E-state index contributed by atoms with van der Waals surface area (Å²) >= 11 is 0. The number of sulfonamides is 1. The highest BCUT2D eigenvalue weighted by molar-refractivity contribution is 7.89. The lowest BCUT2D eigenvalue weighted by atomic mass is 9.73. The van der Waals surface area contributed by atoms with Gasteiger partial charge in [-0.3, -0.25) is 9.59 Å². The van der Waals surface area contributed by atoms with Crippen LogP contribution in [0.4, 0.5) is 0 Å². The van der Waals surface area contributed by atoms with Gasteiger partial charge in [0, 0.05) is 42.7 Å². The fourth-order valence-electron chi connectivity index (χ4n) is 4.00. The summed E-state index contributed by atoms with van der Waals surface area (Å²) in [5, 5.41) is 5.17. The van der Waals surface area contributed by atoms with Gasteiger partial charge in [0.05, 0.1) is 4.90 Å². The minimum absolute atomic E-state index is 0.00153. The molecule has 0 unspecified atom stereocenters. The number of ketones is 2. The van der Waals surface area contributed by atoms with Crippen molar-refractivity contribution in [1.29, 1.82) is 0 Å². The van der Waals surface area contributed by atoms with E-state index in [9.17, 15) is 18.0 Å². The van der Waals surface area contributed by atoms with Gasteiger partial charge >= 0.3 is 0 Å². The Bertz CT molecular complexity index is 928. The van der Waals surface area contributed by atoms with E-state index in [1.54, 1.807) is 12.1 Å². The van der Waals surface area contributed by atoms with E-state index >= 15 is 0 Å². The summed E-state index contributed by atoms with van der Waals surface area (Å²) in [5.41, 5.74) is 1.81. The first-order valence-electron chi connectivity index (χ1n) is 8.69. The third kappa shape index (κ3) is 2.81. The van der Waals surface area contributed by atoms with E-state index in [4.69, 9.17) is 9.88 Å². The Morgan fingerprint density at radius 2 is 1.35 bits per heavy atom. The summed E-state index contributed by atoms with van der Waals surface area (Å²) in [7, 11) is -3.80. The van der Waals surface area contributed by atoms with E-state index in [1.807, 2.05) is 0 Å². The molecule has 1 aliphatic heterocycles. The number of primary sulfonamides is 1. The first kappa shape index (κ1) is 17.2. The SMILES string of the molecule is NS(=O)(=O)c1ccc(C2C3=C(CCCC3=O)OC3=C2C(=O)CCC3)cc1. The molecule has 0 aromatic heterocycles. The fourth-order valence-corrected chi connectivity index (χ4v) is 4.52. The molecule has 1 aromatic rings. The Kier molecular flexibility index (Phi) is 4.08. The highest BCUT2D eigenvalue weighted by Crippen LogP contribution is 2.47. The van der Waals surface area contributed by atoms with Gasteiger partial charge in [0.25, 0.3) is 0 Å². The van der Waals surface area contributed by atoms with Crippen molar-refractivity contribution in [3.8, 4) is 0 Å². The van der Waals surface area contributed by atoms with Crippen molar-refractivity contribution in [2.45, 2.75) is 49.3 Å². The lowest BCUT2D eigenvalue weighted by Gasteiger charge is -2.36. The molecular formula is C19H19NO5S. The quantitative estimate of drug-likeness (QED) is 0.858. The molecule has 3 aliphatic rings. The predicted octanol–water partition coefficient (Wildman–Crippen LogP) is 2.46. The molecule has 0 radical (unpaired) electrons. The Morgan fingerprint density at radius 1 is 0.846 bits per heavy atom. The van der Waals surface area contributed by atoms with Crippen molar-refractivity contribution < 1.29 is 22.7 Å². The van der Waals surface area contributed by atoms with E-state index in [0.717, 1.165) is 12.8 Å². The third-order valence-electron chi connectivity index (χ3n) is 5.18. The maximum absolute atomic E-state index is 12.6. The number of rotatable bonds is 2. The van der Waals surface area contributed by atoms with E-state index < -0.39 is 15.9 Å². The van der Waals surface area contributed by atoms with E-state index in [1.165, 1.54) is 12.1 Å². The van der Waals surface area contributed by atoms with Crippen LogP contribution < -0.4 is 5.14 Å². The van der Waals surface area contributed by atoms with Gasteiger partial charge < -0.3 is 4.74 Å². The van der Waals surface area contributed by atoms with E-state index in [2.05, 4.69) is 0 Å². The maximum atomic E-state index is 12.6. The number of nitrogens with two attached hydrogens (primary N) is 1. The molecule has 2 aliphatic carbocycles. The van der Waals surface area contributed by atoms with Gasteiger partial charge in [-0.1, -0.05) is 12.1 Å². The van der Waals surface area contributed by atoms with E-state index in [0.29, 0.717) is 53.9 Å². The van der Waals surface area contributed by atoms with Crippen molar-refractivity contribution in [2.75, 3.05) is 0 Å². The Morgan fingerprint density at radius 3 is 1.81 bits per heavy atom. The lowest BCUT2D eigenvalue weighted by Crippen LogP contribution is -2.30. The largest absolute Gasteiger partial charge is 0.465 e. The molecule has 0 amide bonds. The molecule has 0 fully saturated rings. The zero-order valence-corrected chi connectivity index (χ0v) is 15.0. The van der Waals surface area contributed by atoms with Crippen LogP contribution in [0.5, 0.6) is 0 Å². The van der Waals surface area contributed by atoms with Gasteiger partial charge in [-0.2, -0.15) is 0 Å². The fraction of sp³-hybridized carbons (Fsp3) is 0.368. The van der Waals surface area contributed by atoms with Crippen molar-refractivity contribution in [1.82, 2.24) is 0 Å². The summed E-state index contributed by atoms with van der Waals surface area (Å²) in [6.45, 7) is 0. The first-order valence-corrected chi connectivity index (χ1v) is 10.2. The van der Waals surface area contributed by atoms with Crippen LogP contribution in [0.2, 0.25) is 0 Å². The summed E-state index contributed by atoms with van der Waals surface area (Å²) in [4.78, 5) is 25.3. The minimum atomic E-state index is -3.80. The summed E-state index contributed by atoms with van der Waals surface area (Å²) in [5.74, 6) is 0.836. The Labute approximate surface area is 151 Å². The number of benzene rings is 1. The predicted molar refractivity (Wildman–Crippen MR) is 93.4 cm³/mol. The molecule has 1 aromatic carbocycles. The van der Waals surface area contributed by atoms with Crippen LogP contribution in [0.25, 0.3) is 0 Å². The highest BCUT2D eigenvalue weighted by atomic mass is 32.2. The molecule has 1 heterocycles. The van der Waals surface area contributed by atoms with Crippen LogP contribution in [0, 0.1) is 0 Å². The molecule has 0 saturated heterocycles. The maximum Gasteiger partial charge on any atom is 0.238 e. The van der Waals surface area contributed by atoms with Crippen LogP contribution in [-0.4, -0.2) is 20.0 Å². The average Bonchev–Trinajstić information content (AvgIpc) is 2.60. The van der Waals surface area contributed by atoms with Crippen molar-refractivity contribution in [2.24, 2.45) is 5.14 Å². The molecule has 4 rings (SSSR count). The summed E-state index contributed by atoms with van der Waals surface area (Å²) in [6.07, 6.45) is 3.71. The van der Waals surface area contributed by atoms with Crippen molar-refractivity contribution in [3.63, 3.8) is 0 Å². The number of carbonyl (C=O) groups excluding carboxylic acids is 2. The monoisotopic (exact) mass is 373 g/mol. The summed E-state index contributed by atoms with van der Waals surface area (Å²) in [6, 6.07) is 6.10. The third-order valence-corrected chi connectivity index (χ3v) is 6.11. The lowest BCUT2D eigenvalue weighted by molar-refractivity contribution is -0.117. The van der Waals surface area contributed by atoms with Crippen LogP contribution >= 0.6 is 0 Å². The van der Waals surface area contributed by atoms with Crippen LogP contribution in [0.1, 0.15) is 50.0 Å². The molecule has 7 heteroatoms. The van der Waals surface area contributed by atoms with E-state index in [-0.39, 0.29) is 16.5 Å². The smallest absolute Gasteiger partial charge is 0.238 e. The number of carbonyl (C=O) groups is 2. The van der Waals surface area contributed by atoms with Gasteiger partial charge in [0.2, 0.25) is 10.0 Å². The van der Waals surface area contributed by atoms with Gasteiger partial charge in [-0.15, -0.1) is 0 Å². The summed E-state index contributed by atoms with van der Waals surface area (Å²) < 4.78 is 29.0. The Balaban J connectivity index is 1.87. The van der Waals surface area contributed by atoms with Crippen LogP contribution in [-0.2, 0) is 24.3 Å². The molecule has 0 saturated carbocycles. The van der Waals surface area contributed by atoms with Gasteiger partial charge in [-0.05, 0) is 30.5 Å². The number of allylic oxidation sites excluding steroid dienone is 4. The highest BCUT2D eigenvalue weighted by Gasteiger charge is 2.41. The van der Waals surface area contributed by atoms with Gasteiger partial charge in [0.15, 0.2) is 11.6 Å². The number of hydrogen-bond donors (Lipinski definition) is 1. The number of Topliss-reactive ketones (excluding diaryl/α,β-unsaturated/α-hetero) is 2. The second-order valence-corrected chi connectivity index (χ2v) is 8.44. The van der Waals surface area contributed by atoms with Crippen molar-refractivity contribution >= 4 is 21.6 Å². The molecule has 0 spiro atoms. The molecule has 0 bridgehead atoms. The standard InChI is InChI=1S/C19H19NO5S/c20-26(23,24)12-9-7-11(8-10-12)17-18-13(21)3-1-5-15(18)25-16-6-2-4-14(22)19(16)17/h7-10,17H,1-6H2,(H2,20,23,24). The molecule has 26 heavy (non-hydrogen) atoms. The normalized spacial score (nSPS) is 21.4. The molecule has 6 nitrogen and oxygen atoms in total. The average molecular weight is 373 g/mol. The number of ether oxygens (including phenoxy) is 1. The Hall–Kier alpha value is -2.25. The van der Waals surface area contributed by atoms with Crippen molar-refractivity contribution in [3.05, 3.63) is 52.5 Å². The van der Waals surface area contributed by atoms with Crippen LogP contribution in [0.3, 0.4) is 0 Å². The molecule has 2 N–H and O–H groups in total. The van der Waals surface area contributed by atoms with Crippen LogP contribution in [0.15, 0.2) is 51.8 Å².